The molecule has 0 fully saturated rings. The summed E-state index contributed by atoms with van der Waals surface area (Å²) in [5, 5.41) is 1.50. The van der Waals surface area contributed by atoms with Crippen LogP contribution < -0.4 is 0 Å². The summed E-state index contributed by atoms with van der Waals surface area (Å²) < 4.78 is 23.1. The van der Waals surface area contributed by atoms with Gasteiger partial charge in [-0.1, -0.05) is 17.7 Å². The molecule has 0 aliphatic rings. The Hall–Kier alpha value is -1.13. The molecule has 0 unspecified atom stereocenters. The van der Waals surface area contributed by atoms with Gasteiger partial charge in [0.2, 0.25) is 0 Å². The Balaban J connectivity index is 2.96. The number of hydrogen-bond donors (Lipinski definition) is 0. The van der Waals surface area contributed by atoms with Crippen molar-refractivity contribution in [2.24, 2.45) is 0 Å². The molecule has 15 heavy (non-hydrogen) atoms. The standard InChI is InChI=1S/C10H9ClO3S/c11-9-3-5-10(6-4-9)15(13,14)8-2-1-7-12/h2-8H,1H2/b8-2+. The van der Waals surface area contributed by atoms with Crippen LogP contribution in [0.2, 0.25) is 5.02 Å². The molecule has 0 saturated carbocycles. The molecule has 0 amide bonds. The van der Waals surface area contributed by atoms with E-state index in [0.717, 1.165) is 5.41 Å². The number of aldehydes is 1. The summed E-state index contributed by atoms with van der Waals surface area (Å²) in [6, 6.07) is 5.84. The number of carbonyl (C=O) groups is 1. The molecule has 1 rings (SSSR count). The van der Waals surface area contributed by atoms with E-state index in [1.165, 1.54) is 30.3 Å². The molecule has 80 valence electrons. The number of sulfone groups is 1. The molecule has 0 aliphatic carbocycles. The third-order valence-corrected chi connectivity index (χ3v) is 3.38. The lowest BCUT2D eigenvalue weighted by Gasteiger charge is -1.98. The Morgan fingerprint density at radius 1 is 1.20 bits per heavy atom. The number of halogens is 1. The van der Waals surface area contributed by atoms with Crippen molar-refractivity contribution >= 4 is 27.7 Å². The minimum absolute atomic E-state index is 0.0901. The van der Waals surface area contributed by atoms with Crippen LogP contribution in [0.1, 0.15) is 6.42 Å². The molecule has 0 bridgehead atoms. The van der Waals surface area contributed by atoms with Crippen LogP contribution in [0, 0.1) is 0 Å². The van der Waals surface area contributed by atoms with Gasteiger partial charge < -0.3 is 4.79 Å². The van der Waals surface area contributed by atoms with Gasteiger partial charge in [0, 0.05) is 16.9 Å². The smallest absolute Gasteiger partial charge is 0.199 e. The van der Waals surface area contributed by atoms with E-state index in [4.69, 9.17) is 11.6 Å². The van der Waals surface area contributed by atoms with Gasteiger partial charge in [0.05, 0.1) is 4.90 Å². The average Bonchev–Trinajstić information content (AvgIpc) is 2.18. The SMILES string of the molecule is O=CC/C=C/S(=O)(=O)c1ccc(Cl)cc1. The van der Waals surface area contributed by atoms with Crippen molar-refractivity contribution in [3.8, 4) is 0 Å². The second-order valence-corrected chi connectivity index (χ2v) is 5.04. The number of hydrogen-bond acceptors (Lipinski definition) is 3. The van der Waals surface area contributed by atoms with Crippen molar-refractivity contribution in [1.29, 1.82) is 0 Å². The van der Waals surface area contributed by atoms with Crippen molar-refractivity contribution in [1.82, 2.24) is 0 Å². The highest BCUT2D eigenvalue weighted by Crippen LogP contribution is 2.16. The first-order valence-electron chi connectivity index (χ1n) is 4.17. The minimum Gasteiger partial charge on any atom is -0.303 e. The maximum Gasteiger partial charge on any atom is 0.199 e. The lowest BCUT2D eigenvalue weighted by atomic mass is 10.4. The number of allylic oxidation sites excluding steroid dienone is 1. The van der Waals surface area contributed by atoms with Gasteiger partial charge in [0.1, 0.15) is 6.29 Å². The first-order chi connectivity index (χ1) is 7.06. The Kier molecular flexibility index (Phi) is 4.05. The summed E-state index contributed by atoms with van der Waals surface area (Å²) in [6.45, 7) is 0. The molecule has 1 aromatic carbocycles. The van der Waals surface area contributed by atoms with Crippen LogP contribution >= 0.6 is 11.6 Å². The third kappa shape index (κ3) is 3.49. The fraction of sp³-hybridized carbons (Fsp3) is 0.100. The van der Waals surface area contributed by atoms with Crippen molar-refractivity contribution in [3.05, 3.63) is 40.8 Å². The van der Waals surface area contributed by atoms with Gasteiger partial charge in [-0.15, -0.1) is 0 Å². The van der Waals surface area contributed by atoms with E-state index in [0.29, 0.717) is 11.3 Å². The molecule has 1 aromatic rings. The van der Waals surface area contributed by atoms with Crippen molar-refractivity contribution in [2.75, 3.05) is 0 Å². The molecule has 0 radical (unpaired) electrons. The fourth-order valence-corrected chi connectivity index (χ4v) is 2.10. The minimum atomic E-state index is -3.45. The molecule has 0 spiro atoms. The zero-order valence-electron chi connectivity index (χ0n) is 7.76. The van der Waals surface area contributed by atoms with Crippen molar-refractivity contribution in [3.63, 3.8) is 0 Å². The molecule has 0 atom stereocenters. The number of benzene rings is 1. The van der Waals surface area contributed by atoms with Crippen LogP contribution in [0.3, 0.4) is 0 Å². The summed E-state index contributed by atoms with van der Waals surface area (Å²) in [5.74, 6) is 0. The summed E-state index contributed by atoms with van der Waals surface area (Å²) in [6.07, 6.45) is 2.03. The zero-order valence-corrected chi connectivity index (χ0v) is 9.33. The fourth-order valence-electron chi connectivity index (χ4n) is 0.941. The lowest BCUT2D eigenvalue weighted by Crippen LogP contribution is -1.95. The van der Waals surface area contributed by atoms with Crippen LogP contribution in [-0.4, -0.2) is 14.7 Å². The van der Waals surface area contributed by atoms with Crippen LogP contribution in [0.25, 0.3) is 0 Å². The summed E-state index contributed by atoms with van der Waals surface area (Å²) >= 11 is 5.63. The number of rotatable bonds is 4. The Labute approximate surface area is 93.3 Å². The van der Waals surface area contributed by atoms with Gasteiger partial charge in [-0.3, -0.25) is 0 Å². The van der Waals surface area contributed by atoms with E-state index in [-0.39, 0.29) is 11.3 Å². The molecule has 0 aromatic heterocycles. The van der Waals surface area contributed by atoms with E-state index in [1.807, 2.05) is 0 Å². The molecule has 0 heterocycles. The summed E-state index contributed by atoms with van der Waals surface area (Å²) in [7, 11) is -3.45. The molecular formula is C10H9ClO3S. The van der Waals surface area contributed by atoms with Crippen LogP contribution in [0.15, 0.2) is 40.6 Å². The first kappa shape index (κ1) is 11.9. The molecule has 0 saturated heterocycles. The normalized spacial score (nSPS) is 11.8. The topological polar surface area (TPSA) is 51.2 Å². The predicted molar refractivity (Wildman–Crippen MR) is 58.5 cm³/mol. The van der Waals surface area contributed by atoms with E-state index in [2.05, 4.69) is 0 Å². The maximum atomic E-state index is 11.6. The highest BCUT2D eigenvalue weighted by atomic mass is 35.5. The first-order valence-corrected chi connectivity index (χ1v) is 6.09. The van der Waals surface area contributed by atoms with E-state index < -0.39 is 9.84 Å². The average molecular weight is 245 g/mol. The van der Waals surface area contributed by atoms with E-state index in [1.54, 1.807) is 0 Å². The van der Waals surface area contributed by atoms with Crippen LogP contribution in [0.5, 0.6) is 0 Å². The third-order valence-electron chi connectivity index (χ3n) is 1.65. The molecule has 0 N–H and O–H groups in total. The molecule has 3 nitrogen and oxygen atoms in total. The summed E-state index contributed by atoms with van der Waals surface area (Å²) in [5.41, 5.74) is 0. The van der Waals surface area contributed by atoms with Crippen LogP contribution in [-0.2, 0) is 14.6 Å². The Bertz CT molecular complexity index is 460. The second-order valence-electron chi connectivity index (χ2n) is 2.77. The predicted octanol–water partition coefficient (Wildman–Crippen LogP) is 2.22. The van der Waals surface area contributed by atoms with E-state index >= 15 is 0 Å². The second kappa shape index (κ2) is 5.09. The van der Waals surface area contributed by atoms with Gasteiger partial charge in [-0.2, -0.15) is 0 Å². The maximum absolute atomic E-state index is 11.6. The van der Waals surface area contributed by atoms with Gasteiger partial charge in [0.15, 0.2) is 9.84 Å². The molecule has 5 heteroatoms. The Morgan fingerprint density at radius 3 is 2.33 bits per heavy atom. The van der Waals surface area contributed by atoms with Gasteiger partial charge >= 0.3 is 0 Å². The van der Waals surface area contributed by atoms with Gasteiger partial charge in [-0.25, -0.2) is 8.42 Å². The molecule has 0 aliphatic heterocycles. The summed E-state index contributed by atoms with van der Waals surface area (Å²) in [4.78, 5) is 10.2. The van der Waals surface area contributed by atoms with E-state index in [9.17, 15) is 13.2 Å². The van der Waals surface area contributed by atoms with Gasteiger partial charge in [-0.05, 0) is 24.3 Å². The quantitative estimate of drug-likeness (QED) is 0.763. The Morgan fingerprint density at radius 2 is 1.80 bits per heavy atom. The molecular weight excluding hydrogens is 236 g/mol. The van der Waals surface area contributed by atoms with Gasteiger partial charge in [0.25, 0.3) is 0 Å². The monoisotopic (exact) mass is 244 g/mol. The van der Waals surface area contributed by atoms with Crippen molar-refractivity contribution in [2.45, 2.75) is 11.3 Å². The highest BCUT2D eigenvalue weighted by Gasteiger charge is 2.08. The largest absolute Gasteiger partial charge is 0.303 e. The zero-order chi connectivity index (χ0) is 11.3. The number of carbonyl (C=O) groups excluding carboxylic acids is 1. The lowest BCUT2D eigenvalue weighted by molar-refractivity contribution is -0.107. The van der Waals surface area contributed by atoms with Crippen molar-refractivity contribution < 1.29 is 13.2 Å². The highest BCUT2D eigenvalue weighted by molar-refractivity contribution is 7.94. The van der Waals surface area contributed by atoms with Crippen LogP contribution in [0.4, 0.5) is 0 Å².